The summed E-state index contributed by atoms with van der Waals surface area (Å²) in [6.45, 7) is 1.98. The Labute approximate surface area is 121 Å². The number of hydrogen-bond donors (Lipinski definition) is 2. The monoisotopic (exact) mass is 316 g/mol. The summed E-state index contributed by atoms with van der Waals surface area (Å²) in [5.74, 6) is 0. The van der Waals surface area contributed by atoms with Crippen molar-refractivity contribution in [3.63, 3.8) is 0 Å². The van der Waals surface area contributed by atoms with E-state index < -0.39 is 10.0 Å². The highest BCUT2D eigenvalue weighted by Gasteiger charge is 2.18. The highest BCUT2D eigenvalue weighted by Crippen LogP contribution is 2.28. The molecule has 2 rings (SSSR count). The van der Waals surface area contributed by atoms with Crippen LogP contribution in [-0.2, 0) is 16.4 Å². The van der Waals surface area contributed by atoms with E-state index >= 15 is 0 Å². The summed E-state index contributed by atoms with van der Waals surface area (Å²) in [5, 5.41) is 0.423. The molecule has 7 heteroatoms. The number of hydrogen-bond acceptors (Lipinski definition) is 4. The minimum atomic E-state index is -3.61. The summed E-state index contributed by atoms with van der Waals surface area (Å²) in [6.07, 6.45) is 0.805. The van der Waals surface area contributed by atoms with Crippen molar-refractivity contribution in [1.82, 2.24) is 0 Å². The fourth-order valence-electron chi connectivity index (χ4n) is 1.50. The van der Waals surface area contributed by atoms with Gasteiger partial charge in [-0.05, 0) is 36.8 Å². The second kappa shape index (κ2) is 5.40. The molecule has 0 aliphatic carbocycles. The Balaban J connectivity index is 2.33. The lowest BCUT2D eigenvalue weighted by Gasteiger charge is -2.09. The summed E-state index contributed by atoms with van der Waals surface area (Å²) < 4.78 is 27.1. The van der Waals surface area contributed by atoms with Crippen LogP contribution in [0.15, 0.2) is 34.5 Å². The molecule has 1 aromatic heterocycles. The predicted molar refractivity (Wildman–Crippen MR) is 80.4 cm³/mol. The Morgan fingerprint density at radius 1 is 1.32 bits per heavy atom. The van der Waals surface area contributed by atoms with E-state index in [2.05, 4.69) is 4.72 Å². The van der Waals surface area contributed by atoms with Gasteiger partial charge in [-0.1, -0.05) is 18.5 Å². The van der Waals surface area contributed by atoms with Crippen LogP contribution in [0.1, 0.15) is 11.8 Å². The van der Waals surface area contributed by atoms with Crippen molar-refractivity contribution in [2.45, 2.75) is 17.6 Å². The van der Waals surface area contributed by atoms with Crippen LogP contribution < -0.4 is 10.5 Å². The zero-order chi connectivity index (χ0) is 14.0. The third kappa shape index (κ3) is 3.20. The fraction of sp³-hybridized carbons (Fsp3) is 0.167. The first-order valence-electron chi connectivity index (χ1n) is 5.59. The molecular weight excluding hydrogens is 304 g/mol. The zero-order valence-electron chi connectivity index (χ0n) is 10.2. The second-order valence-corrected chi connectivity index (χ2v) is 7.43. The molecule has 3 N–H and O–H groups in total. The number of benzene rings is 1. The van der Waals surface area contributed by atoms with Crippen molar-refractivity contribution < 1.29 is 8.42 Å². The van der Waals surface area contributed by atoms with Gasteiger partial charge in [0.05, 0.1) is 11.4 Å². The van der Waals surface area contributed by atoms with Gasteiger partial charge in [-0.2, -0.15) is 0 Å². The van der Waals surface area contributed by atoms with Gasteiger partial charge < -0.3 is 5.73 Å². The first kappa shape index (κ1) is 14.2. The summed E-state index contributed by atoms with van der Waals surface area (Å²) in [7, 11) is -3.61. The number of nitrogens with two attached hydrogens (primary N) is 1. The molecule has 0 saturated carbocycles. The maximum atomic E-state index is 12.2. The number of halogens is 1. The number of anilines is 2. The molecule has 0 fully saturated rings. The topological polar surface area (TPSA) is 72.2 Å². The van der Waals surface area contributed by atoms with Crippen molar-refractivity contribution in [3.05, 3.63) is 40.2 Å². The maximum Gasteiger partial charge on any atom is 0.271 e. The second-order valence-electron chi connectivity index (χ2n) is 3.91. The first-order valence-corrected chi connectivity index (χ1v) is 8.26. The quantitative estimate of drug-likeness (QED) is 0.850. The number of nitrogen functional groups attached to an aromatic ring is 1. The summed E-state index contributed by atoms with van der Waals surface area (Å²) in [6, 6.07) is 8.05. The van der Waals surface area contributed by atoms with Crippen LogP contribution in [0, 0.1) is 0 Å². The van der Waals surface area contributed by atoms with Crippen LogP contribution in [0.3, 0.4) is 0 Å². The number of sulfonamides is 1. The predicted octanol–water partition coefficient (Wildman–Crippen LogP) is 3.35. The van der Waals surface area contributed by atoms with Gasteiger partial charge >= 0.3 is 0 Å². The third-order valence-electron chi connectivity index (χ3n) is 2.51. The minimum Gasteiger partial charge on any atom is -0.397 e. The SMILES string of the molecule is CCc1ccc(S(=O)(=O)Nc2cc(Cl)ccc2N)s1. The molecule has 102 valence electrons. The van der Waals surface area contributed by atoms with Gasteiger partial charge in [-0.15, -0.1) is 11.3 Å². The summed E-state index contributed by atoms with van der Waals surface area (Å²) >= 11 is 7.08. The lowest BCUT2D eigenvalue weighted by Crippen LogP contribution is -2.12. The highest BCUT2D eigenvalue weighted by atomic mass is 35.5. The number of rotatable bonds is 4. The van der Waals surface area contributed by atoms with Crippen LogP contribution in [0.5, 0.6) is 0 Å². The van der Waals surface area contributed by atoms with Crippen molar-refractivity contribution in [2.24, 2.45) is 0 Å². The lowest BCUT2D eigenvalue weighted by molar-refractivity contribution is 0.603. The van der Waals surface area contributed by atoms with E-state index in [-0.39, 0.29) is 4.21 Å². The molecule has 0 spiro atoms. The van der Waals surface area contributed by atoms with Gasteiger partial charge in [-0.3, -0.25) is 4.72 Å². The van der Waals surface area contributed by atoms with Crippen molar-refractivity contribution >= 4 is 44.3 Å². The minimum absolute atomic E-state index is 0.267. The van der Waals surface area contributed by atoms with Crippen molar-refractivity contribution in [3.8, 4) is 0 Å². The van der Waals surface area contributed by atoms with E-state index in [4.69, 9.17) is 17.3 Å². The molecule has 0 atom stereocenters. The number of aryl methyl sites for hydroxylation is 1. The maximum absolute atomic E-state index is 12.2. The largest absolute Gasteiger partial charge is 0.397 e. The average Bonchev–Trinajstić information content (AvgIpc) is 2.83. The van der Waals surface area contributed by atoms with Crippen molar-refractivity contribution in [2.75, 3.05) is 10.5 Å². The van der Waals surface area contributed by atoms with E-state index in [1.165, 1.54) is 17.4 Å². The fourth-order valence-corrected chi connectivity index (χ4v) is 4.05. The Morgan fingerprint density at radius 2 is 2.05 bits per heavy atom. The van der Waals surface area contributed by atoms with Gasteiger partial charge in [-0.25, -0.2) is 8.42 Å². The van der Waals surface area contributed by atoms with Crippen molar-refractivity contribution in [1.29, 1.82) is 0 Å². The Hall–Kier alpha value is -1.24. The van der Waals surface area contributed by atoms with E-state index in [1.807, 2.05) is 6.92 Å². The number of nitrogens with one attached hydrogen (secondary N) is 1. The third-order valence-corrected chi connectivity index (χ3v) is 5.83. The van der Waals surface area contributed by atoms with Gasteiger partial charge in [0.1, 0.15) is 4.21 Å². The molecule has 19 heavy (non-hydrogen) atoms. The van der Waals surface area contributed by atoms with Gasteiger partial charge in [0.2, 0.25) is 0 Å². The molecule has 0 bridgehead atoms. The summed E-state index contributed by atoms with van der Waals surface area (Å²) in [5.41, 5.74) is 6.35. The van der Waals surface area contributed by atoms with E-state index in [9.17, 15) is 8.42 Å². The molecule has 0 saturated heterocycles. The molecule has 0 unspecified atom stereocenters. The average molecular weight is 317 g/mol. The Morgan fingerprint density at radius 3 is 2.68 bits per heavy atom. The van der Waals surface area contributed by atoms with Gasteiger partial charge in [0.25, 0.3) is 10.0 Å². The molecule has 4 nitrogen and oxygen atoms in total. The van der Waals surface area contributed by atoms with E-state index in [1.54, 1.807) is 24.3 Å². The number of thiophene rings is 1. The molecule has 0 radical (unpaired) electrons. The van der Waals surface area contributed by atoms with Gasteiger partial charge in [0, 0.05) is 9.90 Å². The summed E-state index contributed by atoms with van der Waals surface area (Å²) in [4.78, 5) is 1.01. The molecule has 2 aromatic rings. The van der Waals surface area contributed by atoms with Crippen LogP contribution in [0.25, 0.3) is 0 Å². The molecule has 0 aliphatic heterocycles. The highest BCUT2D eigenvalue weighted by molar-refractivity contribution is 7.94. The first-order chi connectivity index (χ1) is 8.92. The standard InChI is InChI=1S/C12H13ClN2O2S2/c1-2-9-4-6-12(18-9)19(16,17)15-11-7-8(13)3-5-10(11)14/h3-7,15H,2,14H2,1H3. The van der Waals surface area contributed by atoms with Crippen LogP contribution in [0.4, 0.5) is 11.4 Å². The normalized spacial score (nSPS) is 11.5. The molecule has 0 amide bonds. The zero-order valence-corrected chi connectivity index (χ0v) is 12.6. The van der Waals surface area contributed by atoms with Gasteiger partial charge in [0.15, 0.2) is 0 Å². The smallest absolute Gasteiger partial charge is 0.271 e. The van der Waals surface area contributed by atoms with Crippen LogP contribution in [-0.4, -0.2) is 8.42 Å². The van der Waals surface area contributed by atoms with E-state index in [0.717, 1.165) is 11.3 Å². The Bertz CT molecular complexity index is 696. The molecule has 0 aliphatic rings. The Kier molecular flexibility index (Phi) is 4.03. The van der Waals surface area contributed by atoms with E-state index in [0.29, 0.717) is 16.4 Å². The van der Waals surface area contributed by atoms with Crippen LogP contribution in [0.2, 0.25) is 5.02 Å². The molecular formula is C12H13ClN2O2S2. The molecule has 1 aromatic carbocycles. The lowest BCUT2D eigenvalue weighted by atomic mass is 10.3. The molecule has 1 heterocycles. The van der Waals surface area contributed by atoms with Crippen LogP contribution >= 0.6 is 22.9 Å².